The van der Waals surface area contributed by atoms with Crippen LogP contribution < -0.4 is 5.32 Å². The number of carbonyl (C=O) groups is 1. The molecule has 0 bridgehead atoms. The molecule has 146 valence electrons. The van der Waals surface area contributed by atoms with E-state index < -0.39 is 5.97 Å². The van der Waals surface area contributed by atoms with Crippen LogP contribution in [0, 0.1) is 11.8 Å². The van der Waals surface area contributed by atoms with E-state index in [1.807, 2.05) is 12.2 Å². The molecule has 2 N–H and O–H groups in total. The second kappa shape index (κ2) is 8.32. The first kappa shape index (κ1) is 18.9. The maximum Gasteiger partial charge on any atom is 0.335 e. The minimum atomic E-state index is -0.809. The van der Waals surface area contributed by atoms with Gasteiger partial charge in [0, 0.05) is 12.1 Å². The Hall–Kier alpha value is -2.39. The highest BCUT2D eigenvalue weighted by Gasteiger charge is 2.29. The van der Waals surface area contributed by atoms with Gasteiger partial charge in [0.1, 0.15) is 0 Å². The molecular weight excluding hydrogens is 346 g/mol. The standard InChI is InChI=1S/C25H29NO2/c1-17(23-14-6-8-18-7-2-3-13-24(18)23)26-22-12-5-10-20(16-22)19-9-4-11-21(15-19)25(27)28/h2-4,6-8,11,13-15,17,19-20,22,26H,5,9-10,12,16H2,1H3,(H,27,28)/t17-,19?,20+,22-/m1/s1. The molecule has 4 rings (SSSR count). The predicted octanol–water partition coefficient (Wildman–Crippen LogP) is 5.64. The lowest BCUT2D eigenvalue weighted by molar-refractivity contribution is -0.132. The van der Waals surface area contributed by atoms with Gasteiger partial charge in [-0.05, 0) is 60.8 Å². The number of hydrogen-bond acceptors (Lipinski definition) is 2. The fraction of sp³-hybridized carbons (Fsp3) is 0.400. The number of aliphatic carboxylic acids is 1. The van der Waals surface area contributed by atoms with E-state index in [2.05, 4.69) is 54.7 Å². The van der Waals surface area contributed by atoms with Crippen LogP contribution in [-0.4, -0.2) is 17.1 Å². The van der Waals surface area contributed by atoms with Crippen molar-refractivity contribution in [1.82, 2.24) is 5.32 Å². The maximum atomic E-state index is 11.3. The lowest BCUT2D eigenvalue weighted by Gasteiger charge is -2.36. The number of carboxylic acid groups (broad SMARTS) is 1. The fourth-order valence-electron chi connectivity index (χ4n) is 5.02. The van der Waals surface area contributed by atoms with Crippen molar-refractivity contribution in [1.29, 1.82) is 0 Å². The topological polar surface area (TPSA) is 49.3 Å². The van der Waals surface area contributed by atoms with E-state index in [4.69, 9.17) is 0 Å². The van der Waals surface area contributed by atoms with Crippen molar-refractivity contribution < 1.29 is 9.90 Å². The predicted molar refractivity (Wildman–Crippen MR) is 114 cm³/mol. The van der Waals surface area contributed by atoms with Crippen LogP contribution in [0.3, 0.4) is 0 Å². The lowest BCUT2D eigenvalue weighted by atomic mass is 9.74. The van der Waals surface area contributed by atoms with E-state index in [1.165, 1.54) is 35.6 Å². The average Bonchev–Trinajstić information content (AvgIpc) is 2.73. The Labute approximate surface area is 167 Å². The molecule has 1 saturated carbocycles. The third kappa shape index (κ3) is 4.05. The van der Waals surface area contributed by atoms with Crippen LogP contribution in [0.1, 0.15) is 50.6 Å². The van der Waals surface area contributed by atoms with Crippen LogP contribution >= 0.6 is 0 Å². The van der Waals surface area contributed by atoms with Crippen LogP contribution in [0.5, 0.6) is 0 Å². The fourth-order valence-corrected chi connectivity index (χ4v) is 5.02. The van der Waals surface area contributed by atoms with Crippen molar-refractivity contribution in [2.24, 2.45) is 11.8 Å². The second-order valence-corrected chi connectivity index (χ2v) is 8.31. The highest BCUT2D eigenvalue weighted by molar-refractivity contribution is 5.90. The van der Waals surface area contributed by atoms with Gasteiger partial charge < -0.3 is 10.4 Å². The third-order valence-corrected chi connectivity index (χ3v) is 6.44. The molecule has 0 amide bonds. The van der Waals surface area contributed by atoms with E-state index >= 15 is 0 Å². The molecule has 3 heteroatoms. The Bertz CT molecular complexity index is 908. The largest absolute Gasteiger partial charge is 0.478 e. The van der Waals surface area contributed by atoms with Crippen LogP contribution in [0.2, 0.25) is 0 Å². The van der Waals surface area contributed by atoms with Gasteiger partial charge >= 0.3 is 5.97 Å². The minimum absolute atomic E-state index is 0.297. The van der Waals surface area contributed by atoms with Crippen LogP contribution in [0.25, 0.3) is 10.8 Å². The number of nitrogens with one attached hydrogen (secondary N) is 1. The first-order valence-corrected chi connectivity index (χ1v) is 10.5. The molecule has 0 saturated heterocycles. The van der Waals surface area contributed by atoms with Gasteiger partial charge in [-0.2, -0.15) is 0 Å². The summed E-state index contributed by atoms with van der Waals surface area (Å²) in [7, 11) is 0. The highest BCUT2D eigenvalue weighted by atomic mass is 16.4. The van der Waals surface area contributed by atoms with Crippen LogP contribution in [0.15, 0.2) is 66.3 Å². The average molecular weight is 376 g/mol. The van der Waals surface area contributed by atoms with E-state index in [0.29, 0.717) is 29.5 Å². The first-order valence-electron chi connectivity index (χ1n) is 10.5. The monoisotopic (exact) mass is 375 g/mol. The number of hydrogen-bond donors (Lipinski definition) is 2. The Morgan fingerprint density at radius 2 is 1.96 bits per heavy atom. The van der Waals surface area contributed by atoms with Gasteiger partial charge in [0.2, 0.25) is 0 Å². The number of benzene rings is 2. The maximum absolute atomic E-state index is 11.3. The van der Waals surface area contributed by atoms with Gasteiger partial charge in [-0.25, -0.2) is 4.79 Å². The molecule has 2 aromatic carbocycles. The summed E-state index contributed by atoms with van der Waals surface area (Å²) >= 11 is 0. The molecule has 2 aliphatic carbocycles. The summed E-state index contributed by atoms with van der Waals surface area (Å²) in [6.07, 6.45) is 11.5. The molecule has 28 heavy (non-hydrogen) atoms. The summed E-state index contributed by atoms with van der Waals surface area (Å²) in [6.45, 7) is 2.26. The molecule has 1 fully saturated rings. The van der Waals surface area contributed by atoms with Crippen molar-refractivity contribution in [3.63, 3.8) is 0 Å². The highest BCUT2D eigenvalue weighted by Crippen LogP contribution is 2.36. The van der Waals surface area contributed by atoms with Gasteiger partial charge in [0.25, 0.3) is 0 Å². The Morgan fingerprint density at radius 1 is 1.14 bits per heavy atom. The lowest BCUT2D eigenvalue weighted by Crippen LogP contribution is -2.37. The molecule has 2 aromatic rings. The summed E-state index contributed by atoms with van der Waals surface area (Å²) in [5.74, 6) is 0.106. The van der Waals surface area contributed by atoms with Crippen LogP contribution in [0.4, 0.5) is 0 Å². The van der Waals surface area contributed by atoms with E-state index in [9.17, 15) is 9.90 Å². The number of carboxylic acids is 1. The van der Waals surface area contributed by atoms with Gasteiger partial charge in [0.05, 0.1) is 5.57 Å². The number of allylic oxidation sites excluding steroid dienone is 2. The molecule has 0 spiro atoms. The minimum Gasteiger partial charge on any atom is -0.478 e. The van der Waals surface area contributed by atoms with Crippen molar-refractivity contribution in [3.8, 4) is 0 Å². The molecule has 0 radical (unpaired) electrons. The van der Waals surface area contributed by atoms with E-state index in [0.717, 1.165) is 12.8 Å². The number of rotatable bonds is 5. The molecule has 0 aromatic heterocycles. The Kier molecular flexibility index (Phi) is 5.63. The molecule has 1 unspecified atom stereocenters. The van der Waals surface area contributed by atoms with Gasteiger partial charge in [0.15, 0.2) is 0 Å². The first-order chi connectivity index (χ1) is 13.6. The van der Waals surface area contributed by atoms with Gasteiger partial charge in [-0.3, -0.25) is 0 Å². The molecular formula is C25H29NO2. The molecule has 0 aliphatic heterocycles. The van der Waals surface area contributed by atoms with Gasteiger partial charge in [-0.1, -0.05) is 67.1 Å². The summed E-state index contributed by atoms with van der Waals surface area (Å²) < 4.78 is 0. The summed E-state index contributed by atoms with van der Waals surface area (Å²) in [4.78, 5) is 11.3. The normalized spacial score (nSPS) is 26.0. The van der Waals surface area contributed by atoms with E-state index in [1.54, 1.807) is 6.08 Å². The second-order valence-electron chi connectivity index (χ2n) is 8.31. The summed E-state index contributed by atoms with van der Waals surface area (Å²) in [6, 6.07) is 15.9. The summed E-state index contributed by atoms with van der Waals surface area (Å²) in [5, 5.41) is 15.8. The zero-order valence-electron chi connectivity index (χ0n) is 16.5. The SMILES string of the molecule is C[C@@H](N[C@@H]1CCC[C@H](C2C=C(C(=O)O)C=CC2)C1)c1cccc2ccccc12. The smallest absolute Gasteiger partial charge is 0.335 e. The zero-order valence-corrected chi connectivity index (χ0v) is 16.5. The van der Waals surface area contributed by atoms with Crippen molar-refractivity contribution in [2.75, 3.05) is 0 Å². The van der Waals surface area contributed by atoms with Gasteiger partial charge in [-0.15, -0.1) is 0 Å². The summed E-state index contributed by atoms with van der Waals surface area (Å²) in [5.41, 5.74) is 1.81. The molecule has 3 nitrogen and oxygen atoms in total. The third-order valence-electron chi connectivity index (χ3n) is 6.44. The zero-order chi connectivity index (χ0) is 19.5. The van der Waals surface area contributed by atoms with Crippen LogP contribution in [-0.2, 0) is 4.79 Å². The quantitative estimate of drug-likeness (QED) is 0.711. The van der Waals surface area contributed by atoms with E-state index in [-0.39, 0.29) is 0 Å². The Morgan fingerprint density at radius 3 is 2.82 bits per heavy atom. The van der Waals surface area contributed by atoms with Crippen molar-refractivity contribution >= 4 is 16.7 Å². The van der Waals surface area contributed by atoms with Crippen molar-refractivity contribution in [2.45, 2.75) is 51.1 Å². The molecule has 2 aliphatic rings. The molecule has 4 atom stereocenters. The number of fused-ring (bicyclic) bond motifs is 1. The molecule has 0 heterocycles. The Balaban J connectivity index is 1.45. The van der Waals surface area contributed by atoms with Crippen molar-refractivity contribution in [3.05, 3.63) is 71.8 Å².